The average Bonchev–Trinajstić information content (AvgIpc) is 2.93. The molecule has 15 heavy (non-hydrogen) atoms. The Balaban J connectivity index is 1.59. The van der Waals surface area contributed by atoms with Crippen molar-refractivity contribution in [1.82, 2.24) is 5.32 Å². The van der Waals surface area contributed by atoms with Crippen molar-refractivity contribution in [3.63, 3.8) is 0 Å². The molecule has 2 rings (SSSR count). The minimum Gasteiger partial charge on any atom is -0.356 e. The minimum atomic E-state index is 0.105. The summed E-state index contributed by atoms with van der Waals surface area (Å²) < 4.78 is 0. The summed E-state index contributed by atoms with van der Waals surface area (Å²) in [5, 5.41) is 3.02. The molecule has 3 heteroatoms. The van der Waals surface area contributed by atoms with Gasteiger partial charge in [-0.1, -0.05) is 12.8 Å². The molecule has 1 amide bonds. The SMILES string of the molecule is NC(CC(=O)NCC1CCCC1)C1CC1. The predicted octanol–water partition coefficient (Wildman–Crippen LogP) is 1.42. The molecule has 0 aromatic carbocycles. The van der Waals surface area contributed by atoms with Crippen LogP contribution in [0.1, 0.15) is 44.9 Å². The second-order valence-corrected chi connectivity index (χ2v) is 5.16. The molecule has 3 nitrogen and oxygen atoms in total. The molecule has 0 aromatic heterocycles. The Labute approximate surface area is 91.8 Å². The fourth-order valence-corrected chi connectivity index (χ4v) is 2.45. The molecule has 0 heterocycles. The van der Waals surface area contributed by atoms with E-state index in [0.29, 0.717) is 12.3 Å². The van der Waals surface area contributed by atoms with E-state index in [1.54, 1.807) is 0 Å². The fraction of sp³-hybridized carbons (Fsp3) is 0.917. The Bertz CT molecular complexity index is 220. The second-order valence-electron chi connectivity index (χ2n) is 5.16. The highest BCUT2D eigenvalue weighted by Gasteiger charge is 2.29. The van der Waals surface area contributed by atoms with Crippen molar-refractivity contribution < 1.29 is 4.79 Å². The van der Waals surface area contributed by atoms with Gasteiger partial charge in [-0.3, -0.25) is 4.79 Å². The van der Waals surface area contributed by atoms with Gasteiger partial charge in [-0.15, -0.1) is 0 Å². The zero-order chi connectivity index (χ0) is 10.7. The lowest BCUT2D eigenvalue weighted by atomic mass is 10.1. The lowest BCUT2D eigenvalue weighted by Gasteiger charge is -2.13. The van der Waals surface area contributed by atoms with E-state index in [2.05, 4.69) is 5.32 Å². The van der Waals surface area contributed by atoms with Crippen LogP contribution in [-0.2, 0) is 4.79 Å². The summed E-state index contributed by atoms with van der Waals surface area (Å²) in [5.74, 6) is 1.51. The van der Waals surface area contributed by atoms with Gasteiger partial charge in [-0.2, -0.15) is 0 Å². The number of hydrogen-bond acceptors (Lipinski definition) is 2. The van der Waals surface area contributed by atoms with Gasteiger partial charge in [0, 0.05) is 19.0 Å². The molecule has 3 N–H and O–H groups in total. The second kappa shape index (κ2) is 4.97. The quantitative estimate of drug-likeness (QED) is 0.721. The summed E-state index contributed by atoms with van der Waals surface area (Å²) in [4.78, 5) is 11.6. The molecule has 2 aliphatic rings. The molecule has 0 spiro atoms. The zero-order valence-corrected chi connectivity index (χ0v) is 9.37. The van der Waals surface area contributed by atoms with Gasteiger partial charge < -0.3 is 11.1 Å². The summed E-state index contributed by atoms with van der Waals surface area (Å²) in [6.45, 7) is 0.871. The standard InChI is InChI=1S/C12H22N2O/c13-11(10-5-6-10)7-12(15)14-8-9-3-1-2-4-9/h9-11H,1-8,13H2,(H,14,15). The lowest BCUT2D eigenvalue weighted by molar-refractivity contribution is -0.121. The van der Waals surface area contributed by atoms with Crippen LogP contribution >= 0.6 is 0 Å². The molecule has 1 atom stereocenters. The van der Waals surface area contributed by atoms with E-state index >= 15 is 0 Å². The van der Waals surface area contributed by atoms with E-state index in [1.807, 2.05) is 0 Å². The van der Waals surface area contributed by atoms with Crippen LogP contribution in [0.4, 0.5) is 0 Å². The predicted molar refractivity (Wildman–Crippen MR) is 60.3 cm³/mol. The zero-order valence-electron chi connectivity index (χ0n) is 9.37. The van der Waals surface area contributed by atoms with E-state index in [1.165, 1.54) is 38.5 Å². The molecule has 2 aliphatic carbocycles. The molecule has 0 aliphatic heterocycles. The van der Waals surface area contributed by atoms with Gasteiger partial charge in [0.15, 0.2) is 0 Å². The fourth-order valence-electron chi connectivity index (χ4n) is 2.45. The third-order valence-corrected chi connectivity index (χ3v) is 3.71. The highest BCUT2D eigenvalue weighted by molar-refractivity contribution is 5.76. The third kappa shape index (κ3) is 3.49. The maximum absolute atomic E-state index is 11.6. The van der Waals surface area contributed by atoms with Crippen molar-refractivity contribution in [2.75, 3.05) is 6.54 Å². The van der Waals surface area contributed by atoms with Gasteiger partial charge >= 0.3 is 0 Å². The van der Waals surface area contributed by atoms with Crippen LogP contribution in [0.15, 0.2) is 0 Å². The Morgan fingerprint density at radius 2 is 1.93 bits per heavy atom. The Morgan fingerprint density at radius 3 is 2.53 bits per heavy atom. The van der Waals surface area contributed by atoms with Crippen molar-refractivity contribution in [2.24, 2.45) is 17.6 Å². The van der Waals surface area contributed by atoms with Crippen molar-refractivity contribution in [3.05, 3.63) is 0 Å². The molecule has 2 saturated carbocycles. The third-order valence-electron chi connectivity index (χ3n) is 3.71. The molecular weight excluding hydrogens is 188 g/mol. The minimum absolute atomic E-state index is 0.105. The maximum atomic E-state index is 11.6. The number of amides is 1. The number of nitrogens with two attached hydrogens (primary N) is 1. The Hall–Kier alpha value is -0.570. The lowest BCUT2D eigenvalue weighted by Crippen LogP contribution is -2.35. The molecule has 2 fully saturated rings. The first kappa shape index (κ1) is 10.9. The van der Waals surface area contributed by atoms with Crippen LogP contribution in [0.5, 0.6) is 0 Å². The first-order valence-corrected chi connectivity index (χ1v) is 6.28. The Morgan fingerprint density at radius 1 is 1.27 bits per heavy atom. The van der Waals surface area contributed by atoms with Crippen LogP contribution in [-0.4, -0.2) is 18.5 Å². The van der Waals surface area contributed by atoms with Crippen molar-refractivity contribution in [3.8, 4) is 0 Å². The number of carbonyl (C=O) groups is 1. The van der Waals surface area contributed by atoms with E-state index in [4.69, 9.17) is 5.73 Å². The first-order chi connectivity index (χ1) is 7.25. The topological polar surface area (TPSA) is 55.1 Å². The van der Waals surface area contributed by atoms with Gasteiger partial charge in [-0.25, -0.2) is 0 Å². The van der Waals surface area contributed by atoms with E-state index < -0.39 is 0 Å². The first-order valence-electron chi connectivity index (χ1n) is 6.28. The summed E-state index contributed by atoms with van der Waals surface area (Å²) in [6, 6.07) is 0.105. The van der Waals surface area contributed by atoms with Gasteiger partial charge in [0.1, 0.15) is 0 Å². The number of nitrogens with one attached hydrogen (secondary N) is 1. The largest absolute Gasteiger partial charge is 0.356 e. The summed E-state index contributed by atoms with van der Waals surface area (Å²) in [7, 11) is 0. The molecular formula is C12H22N2O. The summed E-state index contributed by atoms with van der Waals surface area (Å²) in [5.41, 5.74) is 5.90. The van der Waals surface area contributed by atoms with Crippen molar-refractivity contribution >= 4 is 5.91 Å². The monoisotopic (exact) mass is 210 g/mol. The molecule has 86 valence electrons. The maximum Gasteiger partial charge on any atom is 0.221 e. The molecule has 0 bridgehead atoms. The van der Waals surface area contributed by atoms with Gasteiger partial charge in [-0.05, 0) is 37.5 Å². The van der Waals surface area contributed by atoms with Gasteiger partial charge in [0.05, 0.1) is 0 Å². The smallest absolute Gasteiger partial charge is 0.221 e. The normalized spacial score (nSPS) is 24.1. The van der Waals surface area contributed by atoms with Crippen molar-refractivity contribution in [2.45, 2.75) is 51.0 Å². The molecule has 0 saturated heterocycles. The van der Waals surface area contributed by atoms with Gasteiger partial charge in [0.25, 0.3) is 0 Å². The van der Waals surface area contributed by atoms with Crippen LogP contribution in [0, 0.1) is 11.8 Å². The average molecular weight is 210 g/mol. The molecule has 1 unspecified atom stereocenters. The van der Waals surface area contributed by atoms with Crippen LogP contribution < -0.4 is 11.1 Å². The van der Waals surface area contributed by atoms with Crippen LogP contribution in [0.25, 0.3) is 0 Å². The van der Waals surface area contributed by atoms with E-state index in [-0.39, 0.29) is 11.9 Å². The van der Waals surface area contributed by atoms with Gasteiger partial charge in [0.2, 0.25) is 5.91 Å². The molecule has 0 aromatic rings. The summed E-state index contributed by atoms with van der Waals surface area (Å²) in [6.07, 6.45) is 8.21. The summed E-state index contributed by atoms with van der Waals surface area (Å²) >= 11 is 0. The number of carbonyl (C=O) groups excluding carboxylic acids is 1. The Kier molecular flexibility index (Phi) is 3.62. The highest BCUT2D eigenvalue weighted by atomic mass is 16.1. The number of rotatable bonds is 5. The molecule has 0 radical (unpaired) electrons. The van der Waals surface area contributed by atoms with Crippen LogP contribution in [0.2, 0.25) is 0 Å². The van der Waals surface area contributed by atoms with E-state index in [0.717, 1.165) is 12.5 Å². The van der Waals surface area contributed by atoms with Crippen molar-refractivity contribution in [1.29, 1.82) is 0 Å². The van der Waals surface area contributed by atoms with Crippen LogP contribution in [0.3, 0.4) is 0 Å². The number of hydrogen-bond donors (Lipinski definition) is 2. The highest BCUT2D eigenvalue weighted by Crippen LogP contribution is 2.32. The van der Waals surface area contributed by atoms with E-state index in [9.17, 15) is 4.79 Å².